The van der Waals surface area contributed by atoms with Crippen LogP contribution in [-0.2, 0) is 25.0 Å². The third-order valence-corrected chi connectivity index (χ3v) is 4.68. The molecule has 9 nitrogen and oxygen atoms in total. The molecule has 0 aliphatic heterocycles. The first-order chi connectivity index (χ1) is 10.4. The molecule has 0 unspecified atom stereocenters. The van der Waals surface area contributed by atoms with Crippen LogP contribution < -0.4 is 5.32 Å². The molecule has 2 aromatic rings. The molecule has 2 aromatic carbocycles. The number of phenolic OH excluding ortho intramolecular Hbond substituents is 1. The van der Waals surface area contributed by atoms with Gasteiger partial charge in [-0.25, -0.2) is 0 Å². The van der Waals surface area contributed by atoms with Crippen molar-refractivity contribution in [3.63, 3.8) is 0 Å². The fourth-order valence-electron chi connectivity index (χ4n) is 2.11. The molecule has 0 heterocycles. The average molecular weight is 361 g/mol. The molecule has 1 amide bonds. The van der Waals surface area contributed by atoms with E-state index < -0.39 is 47.1 Å². The highest BCUT2D eigenvalue weighted by molar-refractivity contribution is 7.86. The number of fused-ring (bicyclic) bond motifs is 1. The summed E-state index contributed by atoms with van der Waals surface area (Å²) in [7, 11) is -9.61. The van der Waals surface area contributed by atoms with Gasteiger partial charge >= 0.3 is 0 Å². The van der Waals surface area contributed by atoms with Gasteiger partial charge in [0.05, 0.1) is 0 Å². The normalized spacial score (nSPS) is 12.3. The second-order valence-electron chi connectivity index (χ2n) is 4.61. The molecule has 0 fully saturated rings. The van der Waals surface area contributed by atoms with E-state index in [9.17, 15) is 35.8 Å². The van der Waals surface area contributed by atoms with Crippen molar-refractivity contribution in [2.75, 3.05) is 5.32 Å². The van der Waals surface area contributed by atoms with E-state index in [0.29, 0.717) is 0 Å². The number of anilines is 1. The Kier molecular flexibility index (Phi) is 4.07. The Bertz CT molecular complexity index is 1020. The fraction of sp³-hybridized carbons (Fsp3) is 0.0833. The quantitative estimate of drug-likeness (QED) is 0.589. The Balaban J connectivity index is 3.07. The molecule has 0 atom stereocenters. The fourth-order valence-corrected chi connectivity index (χ4v) is 3.53. The van der Waals surface area contributed by atoms with Crippen LogP contribution in [0.15, 0.2) is 34.1 Å². The Morgan fingerprint density at radius 2 is 1.57 bits per heavy atom. The molecule has 2 rings (SSSR count). The second kappa shape index (κ2) is 5.45. The van der Waals surface area contributed by atoms with Crippen LogP contribution in [0.1, 0.15) is 6.92 Å². The summed E-state index contributed by atoms with van der Waals surface area (Å²) in [5, 5.41) is 11.2. The molecule has 124 valence electrons. The maximum atomic E-state index is 11.5. The van der Waals surface area contributed by atoms with E-state index >= 15 is 0 Å². The molecule has 11 heteroatoms. The van der Waals surface area contributed by atoms with Crippen molar-refractivity contribution >= 4 is 42.6 Å². The predicted molar refractivity (Wildman–Crippen MR) is 79.5 cm³/mol. The van der Waals surface area contributed by atoms with Gasteiger partial charge in [0.25, 0.3) is 20.2 Å². The highest BCUT2D eigenvalue weighted by Gasteiger charge is 2.24. The summed E-state index contributed by atoms with van der Waals surface area (Å²) < 4.78 is 64.4. The number of nitrogens with one attached hydrogen (secondary N) is 1. The SMILES string of the molecule is CC(=O)Nc1cc(S(=O)(=O)O)c2c(O)ccc(S(=O)(=O)O)c2c1. The Hall–Kier alpha value is -2.21. The third-order valence-electron chi connectivity index (χ3n) is 2.89. The minimum absolute atomic E-state index is 0.145. The predicted octanol–water partition coefficient (Wildman–Crippen LogP) is 0.997. The number of hydrogen-bond donors (Lipinski definition) is 4. The van der Waals surface area contributed by atoms with Crippen molar-refractivity contribution in [2.45, 2.75) is 16.7 Å². The lowest BCUT2D eigenvalue weighted by molar-refractivity contribution is -0.114. The van der Waals surface area contributed by atoms with Crippen LogP contribution in [0.5, 0.6) is 5.75 Å². The molecule has 0 aliphatic rings. The van der Waals surface area contributed by atoms with E-state index in [1.165, 1.54) is 0 Å². The molecule has 0 saturated heterocycles. The van der Waals surface area contributed by atoms with Gasteiger partial charge in [-0.15, -0.1) is 0 Å². The third kappa shape index (κ3) is 3.42. The van der Waals surface area contributed by atoms with E-state index in [2.05, 4.69) is 5.32 Å². The summed E-state index contributed by atoms with van der Waals surface area (Å²) in [5.74, 6) is -1.21. The molecular weight excluding hydrogens is 350 g/mol. The zero-order valence-corrected chi connectivity index (χ0v) is 13.1. The Morgan fingerprint density at radius 1 is 1.00 bits per heavy atom. The second-order valence-corrected chi connectivity index (χ2v) is 7.39. The number of hydrogen-bond acceptors (Lipinski definition) is 6. The van der Waals surface area contributed by atoms with Gasteiger partial charge < -0.3 is 10.4 Å². The van der Waals surface area contributed by atoms with Gasteiger partial charge in [0.15, 0.2) is 0 Å². The Morgan fingerprint density at radius 3 is 2.04 bits per heavy atom. The number of benzene rings is 2. The number of phenols is 1. The van der Waals surface area contributed by atoms with Gasteiger partial charge in [-0.05, 0) is 24.3 Å². The van der Waals surface area contributed by atoms with Crippen molar-refractivity contribution < 1.29 is 35.8 Å². The number of aromatic hydroxyl groups is 1. The number of rotatable bonds is 3. The minimum atomic E-state index is -4.86. The monoisotopic (exact) mass is 361 g/mol. The van der Waals surface area contributed by atoms with Gasteiger partial charge in [0.2, 0.25) is 5.91 Å². The zero-order valence-electron chi connectivity index (χ0n) is 11.5. The van der Waals surface area contributed by atoms with Gasteiger partial charge in [0, 0.05) is 23.4 Å². The maximum absolute atomic E-state index is 11.5. The highest BCUT2D eigenvalue weighted by Crippen LogP contribution is 2.37. The maximum Gasteiger partial charge on any atom is 0.295 e. The van der Waals surface area contributed by atoms with Crippen molar-refractivity contribution in [2.24, 2.45) is 0 Å². The first-order valence-corrected chi connectivity index (χ1v) is 8.81. The molecule has 4 N–H and O–H groups in total. The van der Waals surface area contributed by atoms with Crippen molar-refractivity contribution in [1.29, 1.82) is 0 Å². The lowest BCUT2D eigenvalue weighted by Crippen LogP contribution is -2.09. The van der Waals surface area contributed by atoms with Gasteiger partial charge in [-0.3, -0.25) is 13.9 Å². The van der Waals surface area contributed by atoms with E-state index in [1.54, 1.807) is 0 Å². The number of carbonyl (C=O) groups excluding carboxylic acids is 1. The van der Waals surface area contributed by atoms with Gasteiger partial charge in [-0.2, -0.15) is 16.8 Å². The summed E-state index contributed by atoms with van der Waals surface area (Å²) in [4.78, 5) is 9.61. The van der Waals surface area contributed by atoms with Gasteiger partial charge in [0.1, 0.15) is 15.5 Å². The molecule has 23 heavy (non-hydrogen) atoms. The van der Waals surface area contributed by atoms with Crippen LogP contribution in [0.4, 0.5) is 5.69 Å². The largest absolute Gasteiger partial charge is 0.507 e. The highest BCUT2D eigenvalue weighted by atomic mass is 32.2. The van der Waals surface area contributed by atoms with E-state index in [-0.39, 0.29) is 11.1 Å². The van der Waals surface area contributed by atoms with E-state index in [4.69, 9.17) is 0 Å². The average Bonchev–Trinajstić information content (AvgIpc) is 2.34. The number of amides is 1. The molecular formula is C12H11NO8S2. The van der Waals surface area contributed by atoms with E-state index in [0.717, 1.165) is 31.2 Å². The summed E-state index contributed by atoms with van der Waals surface area (Å²) in [6.45, 7) is 1.13. The summed E-state index contributed by atoms with van der Waals surface area (Å²) in [6, 6.07) is 3.62. The summed E-state index contributed by atoms with van der Waals surface area (Å²) in [6.07, 6.45) is 0. The molecule has 0 bridgehead atoms. The smallest absolute Gasteiger partial charge is 0.295 e. The van der Waals surface area contributed by atoms with Crippen LogP contribution in [0, 0.1) is 0 Å². The van der Waals surface area contributed by atoms with Crippen molar-refractivity contribution in [1.82, 2.24) is 0 Å². The topological polar surface area (TPSA) is 158 Å². The van der Waals surface area contributed by atoms with Crippen molar-refractivity contribution in [3.05, 3.63) is 24.3 Å². The first kappa shape index (κ1) is 17.1. The zero-order chi connectivity index (χ0) is 17.6. The molecule has 0 radical (unpaired) electrons. The molecule has 0 saturated carbocycles. The lowest BCUT2D eigenvalue weighted by atomic mass is 10.1. The van der Waals surface area contributed by atoms with Gasteiger partial charge in [-0.1, -0.05) is 0 Å². The molecule has 0 aliphatic carbocycles. The summed E-state index contributed by atoms with van der Waals surface area (Å²) >= 11 is 0. The van der Waals surface area contributed by atoms with Crippen LogP contribution in [0.25, 0.3) is 10.8 Å². The molecule has 0 aromatic heterocycles. The molecule has 0 spiro atoms. The minimum Gasteiger partial charge on any atom is -0.507 e. The first-order valence-electron chi connectivity index (χ1n) is 5.93. The van der Waals surface area contributed by atoms with Crippen LogP contribution >= 0.6 is 0 Å². The van der Waals surface area contributed by atoms with Crippen LogP contribution in [-0.4, -0.2) is 37.0 Å². The summed E-state index contributed by atoms with van der Waals surface area (Å²) in [5.41, 5.74) is -0.145. The Labute approximate surface area is 131 Å². The standard InChI is InChI=1S/C12H11NO8S2/c1-6(14)13-7-4-8-10(22(16,17)18)3-2-9(15)12(8)11(5-7)23(19,20)21/h2-5,15H,1H3,(H,13,14)(H,16,17,18)(H,19,20,21). The van der Waals surface area contributed by atoms with Crippen LogP contribution in [0.3, 0.4) is 0 Å². The van der Waals surface area contributed by atoms with Crippen LogP contribution in [0.2, 0.25) is 0 Å². The lowest BCUT2D eigenvalue weighted by Gasteiger charge is -2.12. The van der Waals surface area contributed by atoms with E-state index in [1.807, 2.05) is 0 Å². The number of carbonyl (C=O) groups is 1. The van der Waals surface area contributed by atoms with Crippen molar-refractivity contribution in [3.8, 4) is 5.75 Å².